The minimum atomic E-state index is -0.156. The van der Waals surface area contributed by atoms with Crippen molar-refractivity contribution in [3.05, 3.63) is 65.0 Å². The minimum absolute atomic E-state index is 0.156. The SMILES string of the molecule is COc1cccc2c(=O)n(Cc3nc4ccccc4o3)cnc12. The first-order valence-electron chi connectivity index (χ1n) is 7.13. The van der Waals surface area contributed by atoms with Crippen molar-refractivity contribution in [1.82, 2.24) is 14.5 Å². The maximum Gasteiger partial charge on any atom is 0.261 e. The van der Waals surface area contributed by atoms with Gasteiger partial charge in [0.25, 0.3) is 5.56 Å². The van der Waals surface area contributed by atoms with Crippen LogP contribution in [0.15, 0.2) is 58.0 Å². The van der Waals surface area contributed by atoms with E-state index < -0.39 is 0 Å². The Hall–Kier alpha value is -3.15. The topological polar surface area (TPSA) is 70.2 Å². The summed E-state index contributed by atoms with van der Waals surface area (Å²) >= 11 is 0. The van der Waals surface area contributed by atoms with Gasteiger partial charge < -0.3 is 9.15 Å². The lowest BCUT2D eigenvalue weighted by Crippen LogP contribution is -2.21. The molecular formula is C17H13N3O3. The van der Waals surface area contributed by atoms with Crippen LogP contribution in [0.25, 0.3) is 22.0 Å². The number of hydrogen-bond acceptors (Lipinski definition) is 5. The van der Waals surface area contributed by atoms with E-state index in [0.717, 1.165) is 5.52 Å². The molecule has 6 heteroatoms. The maximum atomic E-state index is 12.6. The number of nitrogens with zero attached hydrogens (tertiary/aromatic N) is 3. The summed E-state index contributed by atoms with van der Waals surface area (Å²) in [4.78, 5) is 21.3. The fourth-order valence-corrected chi connectivity index (χ4v) is 2.57. The summed E-state index contributed by atoms with van der Waals surface area (Å²) in [6.45, 7) is 0.230. The zero-order valence-electron chi connectivity index (χ0n) is 12.4. The number of rotatable bonds is 3. The van der Waals surface area contributed by atoms with Gasteiger partial charge in [-0.05, 0) is 24.3 Å². The van der Waals surface area contributed by atoms with Gasteiger partial charge in [0, 0.05) is 0 Å². The van der Waals surface area contributed by atoms with Gasteiger partial charge in [-0.25, -0.2) is 9.97 Å². The molecule has 0 spiro atoms. The Kier molecular flexibility index (Phi) is 3.08. The molecule has 0 N–H and O–H groups in total. The molecule has 0 bridgehead atoms. The van der Waals surface area contributed by atoms with Gasteiger partial charge in [0.1, 0.15) is 23.3 Å². The van der Waals surface area contributed by atoms with Gasteiger partial charge in [0.2, 0.25) is 5.89 Å². The molecule has 4 rings (SSSR count). The Labute approximate surface area is 131 Å². The van der Waals surface area contributed by atoms with Crippen molar-refractivity contribution >= 4 is 22.0 Å². The lowest BCUT2D eigenvalue weighted by atomic mass is 10.2. The van der Waals surface area contributed by atoms with Crippen molar-refractivity contribution < 1.29 is 9.15 Å². The first-order valence-corrected chi connectivity index (χ1v) is 7.13. The van der Waals surface area contributed by atoms with E-state index in [1.54, 1.807) is 25.3 Å². The van der Waals surface area contributed by atoms with Crippen molar-refractivity contribution in [2.45, 2.75) is 6.54 Å². The van der Waals surface area contributed by atoms with Crippen LogP contribution < -0.4 is 10.3 Å². The molecule has 114 valence electrons. The molecule has 0 aliphatic rings. The molecule has 2 heterocycles. The van der Waals surface area contributed by atoms with Crippen LogP contribution in [0.4, 0.5) is 0 Å². The fraction of sp³-hybridized carbons (Fsp3) is 0.118. The molecule has 0 aliphatic carbocycles. The van der Waals surface area contributed by atoms with E-state index in [2.05, 4.69) is 9.97 Å². The number of oxazole rings is 1. The number of benzene rings is 2. The van der Waals surface area contributed by atoms with Crippen molar-refractivity contribution in [3.63, 3.8) is 0 Å². The quantitative estimate of drug-likeness (QED) is 0.582. The minimum Gasteiger partial charge on any atom is -0.494 e. The van der Waals surface area contributed by atoms with Gasteiger partial charge >= 0.3 is 0 Å². The van der Waals surface area contributed by atoms with Crippen LogP contribution in [0, 0.1) is 0 Å². The summed E-state index contributed by atoms with van der Waals surface area (Å²) in [6.07, 6.45) is 1.49. The molecule has 0 unspecified atom stereocenters. The molecule has 6 nitrogen and oxygen atoms in total. The van der Waals surface area contributed by atoms with Crippen LogP contribution in [0.1, 0.15) is 5.89 Å². The zero-order valence-corrected chi connectivity index (χ0v) is 12.4. The van der Waals surface area contributed by atoms with Gasteiger partial charge in [0.15, 0.2) is 5.58 Å². The van der Waals surface area contributed by atoms with E-state index in [9.17, 15) is 4.79 Å². The summed E-state index contributed by atoms with van der Waals surface area (Å²) in [6, 6.07) is 12.8. The van der Waals surface area contributed by atoms with Gasteiger partial charge in [0.05, 0.1) is 18.8 Å². The highest BCUT2D eigenvalue weighted by atomic mass is 16.5. The van der Waals surface area contributed by atoms with E-state index in [1.165, 1.54) is 10.9 Å². The van der Waals surface area contributed by atoms with Crippen molar-refractivity contribution in [1.29, 1.82) is 0 Å². The number of aromatic nitrogens is 3. The molecule has 23 heavy (non-hydrogen) atoms. The standard InChI is InChI=1S/C17H13N3O3/c1-22-14-8-4-5-11-16(14)18-10-20(17(11)21)9-15-19-12-6-2-3-7-13(12)23-15/h2-8,10H,9H2,1H3. The van der Waals surface area contributed by atoms with E-state index in [0.29, 0.717) is 28.1 Å². The number of para-hydroxylation sites is 3. The number of hydrogen-bond donors (Lipinski definition) is 0. The average molecular weight is 307 g/mol. The second-order valence-corrected chi connectivity index (χ2v) is 5.11. The van der Waals surface area contributed by atoms with Crippen LogP contribution in [0.5, 0.6) is 5.75 Å². The summed E-state index contributed by atoms with van der Waals surface area (Å²) in [5.74, 6) is 1.05. The molecule has 0 saturated heterocycles. The van der Waals surface area contributed by atoms with Crippen LogP contribution in [0.2, 0.25) is 0 Å². The summed E-state index contributed by atoms with van der Waals surface area (Å²) in [5, 5.41) is 0.503. The van der Waals surface area contributed by atoms with Gasteiger partial charge in [-0.15, -0.1) is 0 Å². The highest BCUT2D eigenvalue weighted by Crippen LogP contribution is 2.20. The fourth-order valence-electron chi connectivity index (χ4n) is 2.57. The van der Waals surface area contributed by atoms with Crippen molar-refractivity contribution in [2.24, 2.45) is 0 Å². The summed E-state index contributed by atoms with van der Waals surface area (Å²) < 4.78 is 12.4. The van der Waals surface area contributed by atoms with Crippen molar-refractivity contribution in [2.75, 3.05) is 7.11 Å². The molecule has 2 aromatic heterocycles. The number of ether oxygens (including phenoxy) is 1. The molecule has 0 radical (unpaired) electrons. The molecule has 0 saturated carbocycles. The normalized spacial score (nSPS) is 11.2. The number of fused-ring (bicyclic) bond motifs is 2. The van der Waals surface area contributed by atoms with Crippen LogP contribution in [-0.2, 0) is 6.54 Å². The molecule has 0 aliphatic heterocycles. The lowest BCUT2D eigenvalue weighted by molar-refractivity contribution is 0.418. The van der Waals surface area contributed by atoms with E-state index >= 15 is 0 Å². The Morgan fingerprint density at radius 1 is 1.17 bits per heavy atom. The third-order valence-corrected chi connectivity index (χ3v) is 3.68. The van der Waals surface area contributed by atoms with Gasteiger partial charge in [-0.3, -0.25) is 9.36 Å². The predicted octanol–water partition coefficient (Wildman–Crippen LogP) is 2.59. The predicted molar refractivity (Wildman–Crippen MR) is 85.7 cm³/mol. The second kappa shape index (κ2) is 5.24. The first-order chi connectivity index (χ1) is 11.3. The Morgan fingerprint density at radius 3 is 2.87 bits per heavy atom. The smallest absolute Gasteiger partial charge is 0.261 e. The largest absolute Gasteiger partial charge is 0.494 e. The van der Waals surface area contributed by atoms with Crippen LogP contribution >= 0.6 is 0 Å². The maximum absolute atomic E-state index is 12.6. The molecule has 2 aromatic carbocycles. The zero-order chi connectivity index (χ0) is 15.8. The lowest BCUT2D eigenvalue weighted by Gasteiger charge is -2.06. The Bertz CT molecular complexity index is 1030. The average Bonchev–Trinajstić information content (AvgIpc) is 2.99. The highest BCUT2D eigenvalue weighted by molar-refractivity contribution is 5.83. The second-order valence-electron chi connectivity index (χ2n) is 5.11. The summed E-state index contributed by atoms with van der Waals surface area (Å²) in [5.41, 5.74) is 1.86. The third kappa shape index (κ3) is 2.24. The van der Waals surface area contributed by atoms with E-state index in [1.807, 2.05) is 24.3 Å². The molecule has 4 aromatic rings. The summed E-state index contributed by atoms with van der Waals surface area (Å²) in [7, 11) is 1.56. The van der Waals surface area contributed by atoms with Gasteiger partial charge in [-0.1, -0.05) is 18.2 Å². The van der Waals surface area contributed by atoms with E-state index in [4.69, 9.17) is 9.15 Å². The highest BCUT2D eigenvalue weighted by Gasteiger charge is 2.11. The number of methoxy groups -OCH3 is 1. The van der Waals surface area contributed by atoms with E-state index in [-0.39, 0.29) is 12.1 Å². The van der Waals surface area contributed by atoms with Crippen molar-refractivity contribution in [3.8, 4) is 5.75 Å². The Morgan fingerprint density at radius 2 is 2.04 bits per heavy atom. The van der Waals surface area contributed by atoms with Gasteiger partial charge in [-0.2, -0.15) is 0 Å². The molecule has 0 atom stereocenters. The van der Waals surface area contributed by atoms with Crippen LogP contribution in [0.3, 0.4) is 0 Å². The molecule has 0 fully saturated rings. The Balaban J connectivity index is 1.80. The first kappa shape index (κ1) is 13.5. The molecular weight excluding hydrogens is 294 g/mol. The molecule has 0 amide bonds. The van der Waals surface area contributed by atoms with Crippen LogP contribution in [-0.4, -0.2) is 21.6 Å². The monoisotopic (exact) mass is 307 g/mol. The third-order valence-electron chi connectivity index (χ3n) is 3.68.